The molecule has 1 rings (SSSR count). The predicted molar refractivity (Wildman–Crippen MR) is 64.5 cm³/mol. The van der Waals surface area contributed by atoms with E-state index in [1.165, 1.54) is 0 Å². The summed E-state index contributed by atoms with van der Waals surface area (Å²) < 4.78 is 0. The van der Waals surface area contributed by atoms with Crippen LogP contribution < -0.4 is 10.6 Å². The zero-order chi connectivity index (χ0) is 11.5. The Bertz CT molecular complexity index is 267. The molecule has 0 saturated heterocycles. The molecular formula is C10H20ClN3O2. The lowest BCUT2D eigenvalue weighted by Crippen LogP contribution is -2.44. The van der Waals surface area contributed by atoms with Crippen molar-refractivity contribution in [3.05, 3.63) is 0 Å². The Balaban J connectivity index is 0.00000225. The second-order valence-electron chi connectivity index (χ2n) is 3.99. The van der Waals surface area contributed by atoms with Gasteiger partial charge in [0.25, 0.3) is 0 Å². The van der Waals surface area contributed by atoms with Crippen molar-refractivity contribution >= 4 is 24.2 Å². The largest absolute Gasteiger partial charge is 0.358 e. The minimum absolute atomic E-state index is 0. The van der Waals surface area contributed by atoms with E-state index < -0.39 is 5.41 Å². The third-order valence-corrected chi connectivity index (χ3v) is 2.87. The molecule has 1 aliphatic carbocycles. The molecule has 0 atom stereocenters. The molecule has 0 aromatic heterocycles. The quantitative estimate of drug-likeness (QED) is 0.653. The van der Waals surface area contributed by atoms with E-state index in [2.05, 4.69) is 10.6 Å². The van der Waals surface area contributed by atoms with E-state index in [1.807, 2.05) is 7.05 Å². The number of carbonyl (C=O) groups excluding carboxylic acids is 2. The van der Waals surface area contributed by atoms with Crippen molar-refractivity contribution in [1.29, 1.82) is 0 Å². The zero-order valence-corrected chi connectivity index (χ0v) is 10.8. The van der Waals surface area contributed by atoms with E-state index >= 15 is 0 Å². The van der Waals surface area contributed by atoms with Crippen LogP contribution in [0.1, 0.15) is 12.8 Å². The normalized spacial score (nSPS) is 15.9. The summed E-state index contributed by atoms with van der Waals surface area (Å²) >= 11 is 0. The first kappa shape index (κ1) is 15.2. The topological polar surface area (TPSA) is 61.4 Å². The van der Waals surface area contributed by atoms with E-state index in [0.29, 0.717) is 19.4 Å². The minimum atomic E-state index is -0.753. The number of hydrogen-bond donors (Lipinski definition) is 2. The molecule has 0 aromatic carbocycles. The van der Waals surface area contributed by atoms with E-state index in [4.69, 9.17) is 0 Å². The molecule has 0 aliphatic heterocycles. The molecule has 0 unspecified atom stereocenters. The molecule has 94 valence electrons. The summed E-state index contributed by atoms with van der Waals surface area (Å²) in [5.41, 5.74) is -0.753. The van der Waals surface area contributed by atoms with Gasteiger partial charge in [0.15, 0.2) is 0 Å². The van der Waals surface area contributed by atoms with Crippen LogP contribution >= 0.6 is 12.4 Å². The summed E-state index contributed by atoms with van der Waals surface area (Å²) in [4.78, 5) is 25.1. The van der Waals surface area contributed by atoms with Gasteiger partial charge in [-0.25, -0.2) is 0 Å². The van der Waals surface area contributed by atoms with Crippen LogP contribution in [0.5, 0.6) is 0 Å². The summed E-state index contributed by atoms with van der Waals surface area (Å²) in [6.45, 7) is 1.38. The van der Waals surface area contributed by atoms with Gasteiger partial charge in [-0.3, -0.25) is 9.59 Å². The molecule has 0 heterocycles. The van der Waals surface area contributed by atoms with Gasteiger partial charge >= 0.3 is 0 Å². The lowest BCUT2D eigenvalue weighted by Gasteiger charge is -2.22. The van der Waals surface area contributed by atoms with Crippen LogP contribution in [0.2, 0.25) is 0 Å². The van der Waals surface area contributed by atoms with Crippen LogP contribution in [0.15, 0.2) is 0 Å². The molecule has 2 amide bonds. The highest BCUT2D eigenvalue weighted by Gasteiger charge is 2.57. The molecule has 0 spiro atoms. The van der Waals surface area contributed by atoms with Gasteiger partial charge in [0, 0.05) is 27.2 Å². The average Bonchev–Trinajstić information content (AvgIpc) is 3.04. The Hall–Kier alpha value is -0.810. The van der Waals surface area contributed by atoms with Gasteiger partial charge in [0.1, 0.15) is 5.41 Å². The molecule has 2 N–H and O–H groups in total. The lowest BCUT2D eigenvalue weighted by atomic mass is 10.0. The Labute approximate surface area is 102 Å². The molecule has 1 fully saturated rings. The summed E-state index contributed by atoms with van der Waals surface area (Å²) in [6.07, 6.45) is 1.35. The summed E-state index contributed by atoms with van der Waals surface area (Å²) in [6, 6.07) is 0. The van der Waals surface area contributed by atoms with E-state index in [1.54, 1.807) is 19.0 Å². The maximum atomic E-state index is 12.0. The number of likely N-dealkylation sites (N-methyl/N-ethyl adjacent to an activating group) is 2. The lowest BCUT2D eigenvalue weighted by molar-refractivity contribution is -0.143. The van der Waals surface area contributed by atoms with Crippen molar-refractivity contribution in [3.63, 3.8) is 0 Å². The number of carbonyl (C=O) groups is 2. The van der Waals surface area contributed by atoms with E-state index in [9.17, 15) is 9.59 Å². The SMILES string of the molecule is CNCCN(C)C(=O)C1(C(=O)NC)CC1.Cl. The van der Waals surface area contributed by atoms with Gasteiger partial charge in [-0.05, 0) is 19.9 Å². The van der Waals surface area contributed by atoms with Crippen LogP contribution in [-0.4, -0.2) is 50.9 Å². The highest BCUT2D eigenvalue weighted by atomic mass is 35.5. The Morgan fingerprint density at radius 1 is 1.31 bits per heavy atom. The van der Waals surface area contributed by atoms with Crippen molar-refractivity contribution in [2.24, 2.45) is 5.41 Å². The van der Waals surface area contributed by atoms with E-state index in [-0.39, 0.29) is 24.2 Å². The molecule has 6 heteroatoms. The smallest absolute Gasteiger partial charge is 0.238 e. The van der Waals surface area contributed by atoms with Crippen LogP contribution in [0, 0.1) is 5.41 Å². The monoisotopic (exact) mass is 249 g/mol. The first-order chi connectivity index (χ1) is 7.08. The second kappa shape index (κ2) is 6.06. The standard InChI is InChI=1S/C10H19N3O2.ClH/c1-11-6-7-13(3)9(15)10(4-5-10)8(14)12-2;/h11H,4-7H2,1-3H3,(H,12,14);1H. The van der Waals surface area contributed by atoms with Gasteiger partial charge < -0.3 is 15.5 Å². The number of rotatable bonds is 5. The first-order valence-electron chi connectivity index (χ1n) is 5.21. The Morgan fingerprint density at radius 3 is 2.25 bits per heavy atom. The van der Waals surface area contributed by atoms with Crippen LogP contribution in [0.4, 0.5) is 0 Å². The van der Waals surface area contributed by atoms with Gasteiger partial charge in [-0.2, -0.15) is 0 Å². The minimum Gasteiger partial charge on any atom is -0.358 e. The number of nitrogens with zero attached hydrogens (tertiary/aromatic N) is 1. The van der Waals surface area contributed by atoms with Crippen molar-refractivity contribution in [1.82, 2.24) is 15.5 Å². The Kier molecular flexibility index (Phi) is 5.75. The van der Waals surface area contributed by atoms with Crippen molar-refractivity contribution in [2.75, 3.05) is 34.2 Å². The Morgan fingerprint density at radius 2 is 1.88 bits per heavy atom. The fourth-order valence-corrected chi connectivity index (χ4v) is 1.65. The maximum Gasteiger partial charge on any atom is 0.238 e. The summed E-state index contributed by atoms with van der Waals surface area (Å²) in [5, 5.41) is 5.53. The highest BCUT2D eigenvalue weighted by Crippen LogP contribution is 2.47. The van der Waals surface area contributed by atoms with Crippen LogP contribution in [0.25, 0.3) is 0 Å². The van der Waals surface area contributed by atoms with Gasteiger partial charge in [-0.1, -0.05) is 0 Å². The fraction of sp³-hybridized carbons (Fsp3) is 0.800. The first-order valence-corrected chi connectivity index (χ1v) is 5.21. The second-order valence-corrected chi connectivity index (χ2v) is 3.99. The van der Waals surface area contributed by atoms with Crippen LogP contribution in [-0.2, 0) is 9.59 Å². The number of nitrogens with one attached hydrogen (secondary N) is 2. The third-order valence-electron chi connectivity index (χ3n) is 2.87. The van der Waals surface area contributed by atoms with Crippen molar-refractivity contribution in [3.8, 4) is 0 Å². The van der Waals surface area contributed by atoms with Crippen LogP contribution in [0.3, 0.4) is 0 Å². The molecule has 0 aromatic rings. The zero-order valence-electron chi connectivity index (χ0n) is 10.0. The summed E-state index contributed by atoms with van der Waals surface area (Å²) in [5.74, 6) is -0.207. The number of amides is 2. The third kappa shape index (κ3) is 2.86. The van der Waals surface area contributed by atoms with Gasteiger partial charge in [-0.15, -0.1) is 12.4 Å². The fourth-order valence-electron chi connectivity index (χ4n) is 1.65. The van der Waals surface area contributed by atoms with Crippen molar-refractivity contribution < 1.29 is 9.59 Å². The maximum absolute atomic E-state index is 12.0. The van der Waals surface area contributed by atoms with Gasteiger partial charge in [0.05, 0.1) is 0 Å². The molecule has 0 bridgehead atoms. The number of halogens is 1. The average molecular weight is 250 g/mol. The summed E-state index contributed by atoms with van der Waals surface area (Å²) in [7, 11) is 5.15. The molecule has 5 nitrogen and oxygen atoms in total. The van der Waals surface area contributed by atoms with Crippen molar-refractivity contribution in [2.45, 2.75) is 12.8 Å². The predicted octanol–water partition coefficient (Wildman–Crippen LogP) is -0.388. The molecule has 16 heavy (non-hydrogen) atoms. The molecule has 1 saturated carbocycles. The van der Waals surface area contributed by atoms with Gasteiger partial charge in [0.2, 0.25) is 11.8 Å². The molecular weight excluding hydrogens is 230 g/mol. The molecule has 0 radical (unpaired) electrons. The van der Waals surface area contributed by atoms with E-state index in [0.717, 1.165) is 6.54 Å². The number of hydrogen-bond acceptors (Lipinski definition) is 3. The highest BCUT2D eigenvalue weighted by molar-refractivity contribution is 6.07. The molecule has 1 aliphatic rings.